The zero-order chi connectivity index (χ0) is 15.0. The molecule has 1 amide bonds. The van der Waals surface area contributed by atoms with E-state index in [2.05, 4.69) is 17.4 Å². The Morgan fingerprint density at radius 1 is 1.09 bits per heavy atom. The zero-order valence-corrected chi connectivity index (χ0v) is 13.1. The largest absolute Gasteiger partial charge is 0.361 e. The van der Waals surface area contributed by atoms with Crippen molar-refractivity contribution in [3.63, 3.8) is 0 Å². The zero-order valence-electron chi connectivity index (χ0n) is 12.3. The average molecular weight is 310 g/mol. The molecule has 2 aromatic carbocycles. The molecule has 2 aliphatic heterocycles. The minimum Gasteiger partial charge on any atom is -0.361 e. The van der Waals surface area contributed by atoms with Crippen molar-refractivity contribution in [3.05, 3.63) is 65.7 Å². The number of carbonyl (C=O) groups excluding carboxylic acids is 1. The second-order valence-corrected chi connectivity index (χ2v) is 6.99. The quantitative estimate of drug-likeness (QED) is 0.920. The van der Waals surface area contributed by atoms with E-state index in [1.165, 1.54) is 5.56 Å². The van der Waals surface area contributed by atoms with Crippen molar-refractivity contribution in [2.24, 2.45) is 0 Å². The summed E-state index contributed by atoms with van der Waals surface area (Å²) in [6.07, 6.45) is 0.991. The van der Waals surface area contributed by atoms with Crippen LogP contribution in [0.5, 0.6) is 0 Å². The van der Waals surface area contributed by atoms with Gasteiger partial charge in [0.1, 0.15) is 5.66 Å². The number of hydrogen-bond donors (Lipinski definition) is 1. The van der Waals surface area contributed by atoms with Crippen molar-refractivity contribution in [2.45, 2.75) is 18.6 Å². The molecule has 1 spiro atoms. The van der Waals surface area contributed by atoms with Gasteiger partial charge >= 0.3 is 0 Å². The summed E-state index contributed by atoms with van der Waals surface area (Å²) in [5.74, 6) is 2.17. The molecule has 0 unspecified atom stereocenters. The molecular weight excluding hydrogens is 292 g/mol. The van der Waals surface area contributed by atoms with Crippen LogP contribution in [0.1, 0.15) is 22.3 Å². The van der Waals surface area contributed by atoms with Gasteiger partial charge in [0.2, 0.25) is 0 Å². The Labute approximate surface area is 134 Å². The number of nitrogens with one attached hydrogen (secondary N) is 1. The maximum atomic E-state index is 13.1. The van der Waals surface area contributed by atoms with E-state index in [0.29, 0.717) is 6.54 Å². The third kappa shape index (κ3) is 2.18. The SMILES string of the molecule is O=C1c2ccccc2N[C@@]2(CCSC2)N1Cc1ccccc1. The van der Waals surface area contributed by atoms with Crippen LogP contribution in [0.3, 0.4) is 0 Å². The minimum atomic E-state index is -0.244. The molecule has 0 bridgehead atoms. The number of rotatable bonds is 2. The van der Waals surface area contributed by atoms with E-state index in [0.717, 1.165) is 29.2 Å². The Balaban J connectivity index is 1.75. The number of thioether (sulfide) groups is 1. The smallest absolute Gasteiger partial charge is 0.258 e. The number of fused-ring (bicyclic) bond motifs is 1. The Bertz CT molecular complexity index is 695. The predicted molar refractivity (Wildman–Crippen MR) is 91.1 cm³/mol. The van der Waals surface area contributed by atoms with Crippen LogP contribution in [0.2, 0.25) is 0 Å². The summed E-state index contributed by atoms with van der Waals surface area (Å²) >= 11 is 1.91. The molecule has 1 saturated heterocycles. The lowest BCUT2D eigenvalue weighted by molar-refractivity contribution is 0.0531. The number of benzene rings is 2. The van der Waals surface area contributed by atoms with Gasteiger partial charge in [-0.2, -0.15) is 11.8 Å². The minimum absolute atomic E-state index is 0.140. The van der Waals surface area contributed by atoms with Gasteiger partial charge in [-0.1, -0.05) is 42.5 Å². The summed E-state index contributed by atoms with van der Waals surface area (Å²) < 4.78 is 0. The van der Waals surface area contributed by atoms with E-state index in [1.807, 2.05) is 59.1 Å². The first-order chi connectivity index (χ1) is 10.8. The molecule has 1 fully saturated rings. The summed E-state index contributed by atoms with van der Waals surface area (Å²) in [7, 11) is 0. The summed E-state index contributed by atoms with van der Waals surface area (Å²) in [5, 5.41) is 3.66. The van der Waals surface area contributed by atoms with Crippen molar-refractivity contribution < 1.29 is 4.79 Å². The van der Waals surface area contributed by atoms with Gasteiger partial charge in [-0.05, 0) is 29.9 Å². The van der Waals surface area contributed by atoms with E-state index in [1.54, 1.807) is 0 Å². The number of anilines is 1. The van der Waals surface area contributed by atoms with Crippen LogP contribution >= 0.6 is 11.8 Å². The highest BCUT2D eigenvalue weighted by Crippen LogP contribution is 2.40. The molecule has 1 atom stereocenters. The van der Waals surface area contributed by atoms with Crippen LogP contribution in [0, 0.1) is 0 Å². The van der Waals surface area contributed by atoms with E-state index >= 15 is 0 Å². The Hall–Kier alpha value is -1.94. The Morgan fingerprint density at radius 2 is 1.86 bits per heavy atom. The lowest BCUT2D eigenvalue weighted by Crippen LogP contribution is -2.59. The number of nitrogens with zero attached hydrogens (tertiary/aromatic N) is 1. The van der Waals surface area contributed by atoms with Crippen LogP contribution in [-0.2, 0) is 6.54 Å². The number of hydrogen-bond acceptors (Lipinski definition) is 3. The van der Waals surface area contributed by atoms with Gasteiger partial charge in [-0.25, -0.2) is 0 Å². The Kier molecular flexibility index (Phi) is 3.34. The molecule has 22 heavy (non-hydrogen) atoms. The van der Waals surface area contributed by atoms with Gasteiger partial charge in [0.05, 0.1) is 5.56 Å². The van der Waals surface area contributed by atoms with Gasteiger partial charge < -0.3 is 10.2 Å². The second-order valence-electron chi connectivity index (χ2n) is 5.88. The molecule has 0 saturated carbocycles. The molecule has 112 valence electrons. The van der Waals surface area contributed by atoms with Crippen molar-refractivity contribution in [2.75, 3.05) is 16.8 Å². The van der Waals surface area contributed by atoms with Crippen molar-refractivity contribution in [1.82, 2.24) is 4.90 Å². The average Bonchev–Trinajstić information content (AvgIpc) is 3.02. The molecule has 2 heterocycles. The molecule has 1 N–H and O–H groups in total. The molecule has 0 aromatic heterocycles. The summed E-state index contributed by atoms with van der Waals surface area (Å²) in [4.78, 5) is 15.1. The maximum absolute atomic E-state index is 13.1. The van der Waals surface area contributed by atoms with E-state index in [4.69, 9.17) is 0 Å². The Morgan fingerprint density at radius 3 is 2.64 bits per heavy atom. The van der Waals surface area contributed by atoms with Crippen LogP contribution in [0.25, 0.3) is 0 Å². The predicted octanol–water partition coefficient (Wildman–Crippen LogP) is 3.59. The fourth-order valence-corrected chi connectivity index (χ4v) is 4.63. The van der Waals surface area contributed by atoms with Crippen molar-refractivity contribution in [1.29, 1.82) is 0 Å². The van der Waals surface area contributed by atoms with Crippen molar-refractivity contribution in [3.8, 4) is 0 Å². The maximum Gasteiger partial charge on any atom is 0.258 e. The first kappa shape index (κ1) is 13.7. The van der Waals surface area contributed by atoms with Gasteiger partial charge in [0.25, 0.3) is 5.91 Å². The molecule has 0 radical (unpaired) electrons. The highest BCUT2D eigenvalue weighted by atomic mass is 32.2. The van der Waals surface area contributed by atoms with E-state index in [9.17, 15) is 4.79 Å². The summed E-state index contributed by atoms with van der Waals surface area (Å²) in [6, 6.07) is 18.1. The second kappa shape index (κ2) is 5.36. The monoisotopic (exact) mass is 310 g/mol. The lowest BCUT2D eigenvalue weighted by atomic mass is 9.97. The molecule has 3 nitrogen and oxygen atoms in total. The van der Waals surface area contributed by atoms with Crippen LogP contribution in [0.4, 0.5) is 5.69 Å². The van der Waals surface area contributed by atoms with Gasteiger partial charge in [0.15, 0.2) is 0 Å². The molecule has 4 heteroatoms. The van der Waals surface area contributed by atoms with E-state index < -0.39 is 0 Å². The molecular formula is C18H18N2OS. The number of para-hydroxylation sites is 1. The lowest BCUT2D eigenvalue weighted by Gasteiger charge is -2.46. The van der Waals surface area contributed by atoms with Gasteiger partial charge in [-0.3, -0.25) is 4.79 Å². The van der Waals surface area contributed by atoms with Gasteiger partial charge in [-0.15, -0.1) is 0 Å². The summed E-state index contributed by atoms with van der Waals surface area (Å²) in [6.45, 7) is 0.654. The number of carbonyl (C=O) groups is 1. The standard InChI is InChI=1S/C18H18N2OS/c21-17-15-8-4-5-9-16(15)19-18(10-11-22-13-18)20(17)12-14-6-2-1-3-7-14/h1-9,19H,10-13H2/t18-/m0/s1. The topological polar surface area (TPSA) is 32.3 Å². The molecule has 4 rings (SSSR count). The first-order valence-corrected chi connectivity index (χ1v) is 8.75. The first-order valence-electron chi connectivity index (χ1n) is 7.59. The van der Waals surface area contributed by atoms with Crippen molar-refractivity contribution >= 4 is 23.4 Å². The normalized spacial score (nSPS) is 23.5. The highest BCUT2D eigenvalue weighted by molar-refractivity contribution is 7.99. The summed E-state index contributed by atoms with van der Waals surface area (Å²) in [5.41, 5.74) is 2.68. The van der Waals surface area contributed by atoms with Crippen LogP contribution in [-0.4, -0.2) is 28.0 Å². The third-order valence-electron chi connectivity index (χ3n) is 4.47. The van der Waals surface area contributed by atoms with Crippen LogP contribution < -0.4 is 5.32 Å². The fourth-order valence-electron chi connectivity index (χ4n) is 3.29. The van der Waals surface area contributed by atoms with E-state index in [-0.39, 0.29) is 11.6 Å². The molecule has 2 aromatic rings. The highest BCUT2D eigenvalue weighted by Gasteiger charge is 2.46. The number of amides is 1. The van der Waals surface area contributed by atoms with Gasteiger partial charge in [0, 0.05) is 18.0 Å². The third-order valence-corrected chi connectivity index (χ3v) is 5.65. The molecule has 0 aliphatic carbocycles. The fraction of sp³-hybridized carbons (Fsp3) is 0.278. The molecule has 2 aliphatic rings. The van der Waals surface area contributed by atoms with Crippen LogP contribution in [0.15, 0.2) is 54.6 Å².